The van der Waals surface area contributed by atoms with E-state index in [1.54, 1.807) is 21.6 Å². The number of aromatic nitrogens is 2. The van der Waals surface area contributed by atoms with Crippen molar-refractivity contribution >= 4 is 51.7 Å². The molecule has 3 aromatic rings. The summed E-state index contributed by atoms with van der Waals surface area (Å²) in [4.78, 5) is 39.2. The lowest BCUT2D eigenvalue weighted by molar-refractivity contribution is -0.123. The number of anilines is 1. The Hall–Kier alpha value is -3.41. The van der Waals surface area contributed by atoms with E-state index < -0.39 is 0 Å². The van der Waals surface area contributed by atoms with E-state index in [-0.39, 0.29) is 24.3 Å². The molecule has 5 heterocycles. The van der Waals surface area contributed by atoms with Crippen LogP contribution in [0.3, 0.4) is 0 Å². The van der Waals surface area contributed by atoms with Crippen LogP contribution in [0.1, 0.15) is 42.4 Å². The Morgan fingerprint density at radius 3 is 2.66 bits per heavy atom. The number of ether oxygens (including phenoxy) is 2. The summed E-state index contributed by atoms with van der Waals surface area (Å²) in [5.74, 6) is 2.11. The lowest BCUT2D eigenvalue weighted by Gasteiger charge is -2.36. The molecule has 41 heavy (non-hydrogen) atoms. The summed E-state index contributed by atoms with van der Waals surface area (Å²) in [6, 6.07) is 10.1. The van der Waals surface area contributed by atoms with Crippen LogP contribution in [0.5, 0.6) is 11.5 Å². The molecule has 3 aliphatic heterocycles. The van der Waals surface area contributed by atoms with Gasteiger partial charge in [-0.3, -0.25) is 23.8 Å². The van der Waals surface area contributed by atoms with E-state index >= 15 is 0 Å². The third-order valence-corrected chi connectivity index (χ3v) is 9.70. The van der Waals surface area contributed by atoms with Gasteiger partial charge in [0.15, 0.2) is 11.5 Å². The highest BCUT2D eigenvalue weighted by molar-refractivity contribution is 8.26. The predicted molar refractivity (Wildman–Crippen MR) is 164 cm³/mol. The van der Waals surface area contributed by atoms with Crippen molar-refractivity contribution in [3.8, 4) is 11.5 Å². The van der Waals surface area contributed by atoms with Crippen LogP contribution >= 0.6 is 24.0 Å². The van der Waals surface area contributed by atoms with Gasteiger partial charge in [-0.25, -0.2) is 4.98 Å². The molecule has 0 unspecified atom stereocenters. The van der Waals surface area contributed by atoms with Gasteiger partial charge >= 0.3 is 0 Å². The summed E-state index contributed by atoms with van der Waals surface area (Å²) in [5, 5.41) is 0. The first-order chi connectivity index (χ1) is 20.0. The van der Waals surface area contributed by atoms with E-state index in [1.165, 1.54) is 17.3 Å². The zero-order valence-corrected chi connectivity index (χ0v) is 24.5. The van der Waals surface area contributed by atoms with Crippen molar-refractivity contribution in [1.82, 2.24) is 19.2 Å². The topological polar surface area (TPSA) is 79.6 Å². The fourth-order valence-electron chi connectivity index (χ4n) is 6.17. The van der Waals surface area contributed by atoms with E-state index in [4.69, 9.17) is 26.7 Å². The van der Waals surface area contributed by atoms with Gasteiger partial charge in [-0.05, 0) is 55.2 Å². The molecule has 212 valence electrons. The van der Waals surface area contributed by atoms with Crippen molar-refractivity contribution in [2.45, 2.75) is 45.2 Å². The molecule has 11 heteroatoms. The minimum atomic E-state index is -0.178. The Kier molecular flexibility index (Phi) is 6.96. The highest BCUT2D eigenvalue weighted by Gasteiger charge is 2.38. The maximum atomic E-state index is 13.9. The van der Waals surface area contributed by atoms with Gasteiger partial charge in [0.2, 0.25) is 6.79 Å². The van der Waals surface area contributed by atoms with Gasteiger partial charge < -0.3 is 14.4 Å². The van der Waals surface area contributed by atoms with Crippen LogP contribution in [0, 0.1) is 6.92 Å². The molecular weight excluding hydrogens is 558 g/mol. The van der Waals surface area contributed by atoms with Crippen LogP contribution in [-0.2, 0) is 11.3 Å². The van der Waals surface area contributed by atoms with E-state index in [0.717, 1.165) is 62.4 Å². The Bertz CT molecular complexity index is 1640. The minimum absolute atomic E-state index is 0.0971. The average molecular weight is 590 g/mol. The number of piperazine rings is 1. The number of thioether (sulfide) groups is 1. The molecule has 2 saturated heterocycles. The van der Waals surface area contributed by atoms with Crippen molar-refractivity contribution < 1.29 is 14.3 Å². The van der Waals surface area contributed by atoms with Crippen LogP contribution in [0.2, 0.25) is 0 Å². The van der Waals surface area contributed by atoms with Gasteiger partial charge in [0.1, 0.15) is 15.8 Å². The highest BCUT2D eigenvalue weighted by Crippen LogP contribution is 2.38. The van der Waals surface area contributed by atoms with Gasteiger partial charge in [0, 0.05) is 45.0 Å². The van der Waals surface area contributed by atoms with E-state index in [0.29, 0.717) is 39.3 Å². The van der Waals surface area contributed by atoms with Gasteiger partial charge in [0.25, 0.3) is 11.5 Å². The van der Waals surface area contributed by atoms with Crippen LogP contribution in [0.4, 0.5) is 5.82 Å². The zero-order chi connectivity index (χ0) is 28.1. The third kappa shape index (κ3) is 4.89. The predicted octanol–water partition coefficient (Wildman–Crippen LogP) is 4.20. The quantitative estimate of drug-likeness (QED) is 0.321. The number of nitrogens with zero attached hydrogens (tertiary/aromatic N) is 5. The molecule has 1 aromatic carbocycles. The van der Waals surface area contributed by atoms with E-state index in [1.807, 2.05) is 31.2 Å². The standard InChI is InChI=1S/C30H31N5O4S2/c1-19-5-4-10-34-26(19)31-27(22(28(34)36)16-25-29(37)35(30(40)41-25)21-6-2-3-7-21)33-13-11-32(12-14-33)17-20-8-9-23-24(15-20)39-18-38-23/h4-5,8-10,15-16,21H,2-3,6-7,11-14,17-18H2,1H3/b25-16+. The first-order valence-electron chi connectivity index (χ1n) is 14.1. The first-order valence-corrected chi connectivity index (χ1v) is 15.3. The minimum Gasteiger partial charge on any atom is -0.454 e. The number of carbonyl (C=O) groups is 1. The van der Waals surface area contributed by atoms with Crippen molar-refractivity contribution in [3.05, 3.63) is 68.5 Å². The average Bonchev–Trinajstić information content (AvgIpc) is 3.72. The molecule has 2 aromatic heterocycles. The molecule has 0 N–H and O–H groups in total. The Labute approximate surface area is 247 Å². The number of hydrogen-bond acceptors (Lipinski definition) is 9. The normalized spacial score (nSPS) is 20.8. The Morgan fingerprint density at radius 2 is 1.85 bits per heavy atom. The number of rotatable bonds is 5. The van der Waals surface area contributed by atoms with Gasteiger partial charge in [0.05, 0.1) is 10.5 Å². The Balaban J connectivity index is 1.18. The second-order valence-electron chi connectivity index (χ2n) is 11.0. The van der Waals surface area contributed by atoms with Crippen LogP contribution in [-0.4, -0.2) is 68.4 Å². The lowest BCUT2D eigenvalue weighted by atomic mass is 10.1. The number of benzene rings is 1. The highest BCUT2D eigenvalue weighted by atomic mass is 32.2. The van der Waals surface area contributed by atoms with Crippen LogP contribution in [0.25, 0.3) is 11.7 Å². The van der Waals surface area contributed by atoms with Crippen LogP contribution < -0.4 is 19.9 Å². The van der Waals surface area contributed by atoms with Crippen molar-refractivity contribution in [3.63, 3.8) is 0 Å². The molecule has 0 spiro atoms. The second kappa shape index (κ2) is 10.8. The number of carbonyl (C=O) groups excluding carboxylic acids is 1. The first kappa shape index (κ1) is 26.5. The fourth-order valence-corrected chi connectivity index (χ4v) is 7.55. The van der Waals surface area contributed by atoms with Crippen LogP contribution in [0.15, 0.2) is 46.2 Å². The maximum absolute atomic E-state index is 13.9. The summed E-state index contributed by atoms with van der Waals surface area (Å²) < 4.78 is 13.2. The smallest absolute Gasteiger partial charge is 0.267 e. The van der Waals surface area contributed by atoms with E-state index in [9.17, 15) is 9.59 Å². The number of thiocarbonyl (C=S) groups is 1. The second-order valence-corrected chi connectivity index (χ2v) is 12.7. The Morgan fingerprint density at radius 1 is 1.07 bits per heavy atom. The lowest BCUT2D eigenvalue weighted by Crippen LogP contribution is -2.47. The molecule has 0 radical (unpaired) electrons. The summed E-state index contributed by atoms with van der Waals surface area (Å²) in [5.41, 5.74) is 2.98. The molecular formula is C30H31N5O4S2. The molecule has 1 saturated carbocycles. The molecule has 9 nitrogen and oxygen atoms in total. The van der Waals surface area contributed by atoms with Crippen molar-refractivity contribution in [2.75, 3.05) is 37.9 Å². The molecule has 4 aliphatic rings. The molecule has 7 rings (SSSR count). The number of hydrogen-bond donors (Lipinski definition) is 0. The molecule has 0 bridgehead atoms. The van der Waals surface area contributed by atoms with Gasteiger partial charge in [-0.1, -0.05) is 49.0 Å². The fraction of sp³-hybridized carbons (Fsp3) is 0.400. The number of amides is 1. The summed E-state index contributed by atoms with van der Waals surface area (Å²) >= 11 is 6.92. The summed E-state index contributed by atoms with van der Waals surface area (Å²) in [7, 11) is 0. The molecule has 3 fully saturated rings. The zero-order valence-electron chi connectivity index (χ0n) is 22.9. The summed E-state index contributed by atoms with van der Waals surface area (Å²) in [6.07, 6.45) is 7.64. The molecule has 0 atom stereocenters. The molecule has 1 amide bonds. The summed E-state index contributed by atoms with van der Waals surface area (Å²) in [6.45, 7) is 6.07. The van der Waals surface area contributed by atoms with Gasteiger partial charge in [-0.15, -0.1) is 0 Å². The monoisotopic (exact) mass is 589 g/mol. The molecule has 1 aliphatic carbocycles. The largest absolute Gasteiger partial charge is 0.454 e. The van der Waals surface area contributed by atoms with Crippen molar-refractivity contribution in [2.24, 2.45) is 0 Å². The number of aryl methyl sites for hydroxylation is 1. The number of pyridine rings is 1. The van der Waals surface area contributed by atoms with Crippen molar-refractivity contribution in [1.29, 1.82) is 0 Å². The third-order valence-electron chi connectivity index (χ3n) is 8.37. The SMILES string of the molecule is Cc1cccn2c(=O)c(/C=C3/SC(=S)N(C4CCCC4)C3=O)c(N3CCN(Cc4ccc5c(c4)OCO5)CC3)nc12. The van der Waals surface area contributed by atoms with E-state index in [2.05, 4.69) is 15.9 Å². The maximum Gasteiger partial charge on any atom is 0.267 e. The number of fused-ring (bicyclic) bond motifs is 2. The van der Waals surface area contributed by atoms with Gasteiger partial charge in [-0.2, -0.15) is 0 Å².